The summed E-state index contributed by atoms with van der Waals surface area (Å²) in [7, 11) is 1.78. The highest BCUT2D eigenvalue weighted by Crippen LogP contribution is 2.20. The Hall–Kier alpha value is -0.820. The van der Waals surface area contributed by atoms with Crippen molar-refractivity contribution in [3.63, 3.8) is 0 Å². The highest BCUT2D eigenvalue weighted by Gasteiger charge is 2.06. The summed E-state index contributed by atoms with van der Waals surface area (Å²) in [6.45, 7) is 4.38. The van der Waals surface area contributed by atoms with E-state index < -0.39 is 0 Å². The minimum absolute atomic E-state index is 0.255. The van der Waals surface area contributed by atoms with Crippen molar-refractivity contribution >= 4 is 0 Å². The second-order valence-electron chi connectivity index (χ2n) is 3.98. The number of ether oxygens (including phenoxy) is 1. The largest absolute Gasteiger partial charge is 0.377 e. The fourth-order valence-corrected chi connectivity index (χ4v) is 1.82. The van der Waals surface area contributed by atoms with Crippen LogP contribution in [0.15, 0.2) is 24.3 Å². The molecule has 0 aromatic heterocycles. The Morgan fingerprint density at radius 3 is 2.27 bits per heavy atom. The Bertz CT molecular complexity index is 259. The van der Waals surface area contributed by atoms with Crippen LogP contribution in [-0.4, -0.2) is 7.11 Å². The number of unbranched alkanes of at least 4 members (excludes halogenated alkanes) is 1. The van der Waals surface area contributed by atoms with Gasteiger partial charge in [0.05, 0.1) is 6.10 Å². The summed E-state index contributed by atoms with van der Waals surface area (Å²) in [5, 5.41) is 0. The van der Waals surface area contributed by atoms with Gasteiger partial charge in [-0.3, -0.25) is 0 Å². The van der Waals surface area contributed by atoms with E-state index in [-0.39, 0.29) is 6.10 Å². The lowest BCUT2D eigenvalue weighted by Crippen LogP contribution is -1.99. The molecule has 0 bridgehead atoms. The molecule has 0 aliphatic carbocycles. The van der Waals surface area contributed by atoms with E-state index in [9.17, 15) is 0 Å². The average Bonchev–Trinajstić information content (AvgIpc) is 2.29. The molecule has 0 saturated heterocycles. The van der Waals surface area contributed by atoms with E-state index in [1.807, 2.05) is 0 Å². The maximum absolute atomic E-state index is 5.41. The molecule has 0 aliphatic rings. The van der Waals surface area contributed by atoms with Crippen molar-refractivity contribution in [3.8, 4) is 0 Å². The first-order valence-electron chi connectivity index (χ1n) is 5.93. The minimum Gasteiger partial charge on any atom is -0.377 e. The van der Waals surface area contributed by atoms with Crippen molar-refractivity contribution in [1.29, 1.82) is 0 Å². The van der Waals surface area contributed by atoms with Crippen LogP contribution in [0, 0.1) is 0 Å². The van der Waals surface area contributed by atoms with Crippen molar-refractivity contribution < 1.29 is 4.74 Å². The predicted molar refractivity (Wildman–Crippen MR) is 65.1 cm³/mol. The molecule has 1 unspecified atom stereocenters. The summed E-state index contributed by atoms with van der Waals surface area (Å²) in [5.41, 5.74) is 2.73. The van der Waals surface area contributed by atoms with Gasteiger partial charge in [-0.05, 0) is 30.4 Å². The van der Waals surface area contributed by atoms with Crippen LogP contribution in [0.2, 0.25) is 0 Å². The van der Waals surface area contributed by atoms with Crippen molar-refractivity contribution in [1.82, 2.24) is 0 Å². The Kier molecular flexibility index (Phi) is 5.41. The monoisotopic (exact) mass is 206 g/mol. The number of benzene rings is 1. The van der Waals surface area contributed by atoms with Crippen LogP contribution in [0.3, 0.4) is 0 Å². The van der Waals surface area contributed by atoms with Gasteiger partial charge in [0.2, 0.25) is 0 Å². The van der Waals surface area contributed by atoms with Crippen molar-refractivity contribution in [2.75, 3.05) is 7.11 Å². The molecule has 0 fully saturated rings. The van der Waals surface area contributed by atoms with Crippen molar-refractivity contribution in [3.05, 3.63) is 35.4 Å². The summed E-state index contributed by atoms with van der Waals surface area (Å²) in [4.78, 5) is 0. The molecule has 0 radical (unpaired) electrons. The zero-order chi connectivity index (χ0) is 11.1. The van der Waals surface area contributed by atoms with Crippen LogP contribution in [0.1, 0.15) is 50.3 Å². The molecule has 1 heteroatoms. The lowest BCUT2D eigenvalue weighted by atomic mass is 10.0. The van der Waals surface area contributed by atoms with Crippen LogP contribution >= 0.6 is 0 Å². The molecule has 84 valence electrons. The van der Waals surface area contributed by atoms with Gasteiger partial charge in [-0.2, -0.15) is 0 Å². The molecule has 15 heavy (non-hydrogen) atoms. The topological polar surface area (TPSA) is 9.23 Å². The van der Waals surface area contributed by atoms with Crippen LogP contribution in [0.4, 0.5) is 0 Å². The lowest BCUT2D eigenvalue weighted by Gasteiger charge is -2.13. The molecule has 1 atom stereocenters. The van der Waals surface area contributed by atoms with Gasteiger partial charge in [-0.25, -0.2) is 0 Å². The van der Waals surface area contributed by atoms with Crippen LogP contribution in [-0.2, 0) is 11.2 Å². The van der Waals surface area contributed by atoms with Crippen LogP contribution in [0.5, 0.6) is 0 Å². The van der Waals surface area contributed by atoms with Gasteiger partial charge < -0.3 is 4.74 Å². The zero-order valence-electron chi connectivity index (χ0n) is 10.1. The summed E-state index contributed by atoms with van der Waals surface area (Å²) in [5.74, 6) is 0. The molecular formula is C14H22O. The van der Waals surface area contributed by atoms with Crippen molar-refractivity contribution in [2.45, 2.75) is 45.6 Å². The average molecular weight is 206 g/mol. The molecule has 0 aliphatic heterocycles. The maximum Gasteiger partial charge on any atom is 0.0818 e. The highest BCUT2D eigenvalue weighted by molar-refractivity contribution is 5.24. The van der Waals surface area contributed by atoms with E-state index >= 15 is 0 Å². The lowest BCUT2D eigenvalue weighted by molar-refractivity contribution is 0.100. The first kappa shape index (κ1) is 12.3. The van der Waals surface area contributed by atoms with Crippen LogP contribution in [0.25, 0.3) is 0 Å². The van der Waals surface area contributed by atoms with Gasteiger partial charge in [0.1, 0.15) is 0 Å². The van der Waals surface area contributed by atoms with Gasteiger partial charge in [-0.1, -0.05) is 44.5 Å². The third-order valence-corrected chi connectivity index (χ3v) is 2.83. The summed E-state index contributed by atoms with van der Waals surface area (Å²) in [6.07, 6.45) is 5.02. The molecule has 0 N–H and O–H groups in total. The van der Waals surface area contributed by atoms with Gasteiger partial charge in [-0.15, -0.1) is 0 Å². The predicted octanol–water partition coefficient (Wildman–Crippen LogP) is 4.13. The van der Waals surface area contributed by atoms with Gasteiger partial charge in [0.15, 0.2) is 0 Å². The maximum atomic E-state index is 5.41. The normalized spacial score (nSPS) is 12.7. The summed E-state index contributed by atoms with van der Waals surface area (Å²) < 4.78 is 5.41. The molecule has 1 nitrogen and oxygen atoms in total. The fourth-order valence-electron chi connectivity index (χ4n) is 1.82. The Morgan fingerprint density at radius 1 is 1.13 bits per heavy atom. The first-order valence-corrected chi connectivity index (χ1v) is 5.93. The molecule has 1 rings (SSSR count). The van der Waals surface area contributed by atoms with E-state index in [0.717, 1.165) is 6.42 Å². The smallest absolute Gasteiger partial charge is 0.0818 e. The second-order valence-corrected chi connectivity index (χ2v) is 3.98. The van der Waals surface area contributed by atoms with Crippen molar-refractivity contribution in [2.24, 2.45) is 0 Å². The fraction of sp³-hybridized carbons (Fsp3) is 0.571. The Balaban J connectivity index is 2.62. The van der Waals surface area contributed by atoms with E-state index in [2.05, 4.69) is 38.1 Å². The molecular weight excluding hydrogens is 184 g/mol. The number of rotatable bonds is 6. The second kappa shape index (κ2) is 6.62. The highest BCUT2D eigenvalue weighted by atomic mass is 16.5. The van der Waals surface area contributed by atoms with E-state index in [4.69, 9.17) is 4.74 Å². The van der Waals surface area contributed by atoms with E-state index in [1.165, 1.54) is 30.4 Å². The third kappa shape index (κ3) is 3.67. The first-order chi connectivity index (χ1) is 7.31. The number of hydrogen-bond donors (Lipinski definition) is 0. The summed E-state index contributed by atoms with van der Waals surface area (Å²) >= 11 is 0. The number of aryl methyl sites for hydroxylation is 1. The van der Waals surface area contributed by atoms with Gasteiger partial charge >= 0.3 is 0 Å². The quantitative estimate of drug-likeness (QED) is 0.680. The van der Waals surface area contributed by atoms with Crippen LogP contribution < -0.4 is 0 Å². The molecule has 1 aromatic carbocycles. The van der Waals surface area contributed by atoms with E-state index in [0.29, 0.717) is 0 Å². The number of methoxy groups -OCH3 is 1. The Morgan fingerprint density at radius 2 is 1.80 bits per heavy atom. The standard InChI is InChI=1S/C14H22O/c1-4-6-7-12-8-10-13(11-9-12)14(5-2)15-3/h8-11,14H,4-7H2,1-3H3. The molecule has 0 spiro atoms. The molecule has 0 saturated carbocycles. The molecule has 0 amide bonds. The van der Waals surface area contributed by atoms with Gasteiger partial charge in [0.25, 0.3) is 0 Å². The van der Waals surface area contributed by atoms with E-state index in [1.54, 1.807) is 7.11 Å². The molecule has 0 heterocycles. The SMILES string of the molecule is CCCCc1ccc(C(CC)OC)cc1. The molecule has 1 aromatic rings. The minimum atomic E-state index is 0.255. The zero-order valence-corrected chi connectivity index (χ0v) is 10.1. The van der Waals surface area contributed by atoms with Gasteiger partial charge in [0, 0.05) is 7.11 Å². The summed E-state index contributed by atoms with van der Waals surface area (Å²) in [6, 6.07) is 8.85. The number of hydrogen-bond acceptors (Lipinski definition) is 1. The third-order valence-electron chi connectivity index (χ3n) is 2.83. The Labute approximate surface area is 93.5 Å².